The molecular weight excluding hydrogens is 168 g/mol. The Hall–Kier alpha value is -1.32. The number of aromatic nitrogens is 1. The minimum absolute atomic E-state index is 0.220. The fourth-order valence-electron chi connectivity index (χ4n) is 0.907. The highest BCUT2D eigenvalue weighted by molar-refractivity contribution is 5.92. The summed E-state index contributed by atoms with van der Waals surface area (Å²) in [6.07, 6.45) is 1.53. The molecular formula is C9H14N2O2. The minimum atomic E-state index is -0.254. The SMILES string of the molecule is Cc1cnoc1C(=O)NC(C)(C)C. The van der Waals surface area contributed by atoms with Crippen molar-refractivity contribution in [2.45, 2.75) is 33.2 Å². The Morgan fingerprint density at radius 3 is 2.54 bits per heavy atom. The number of nitrogens with one attached hydrogen (secondary N) is 1. The lowest BCUT2D eigenvalue weighted by Gasteiger charge is -2.19. The molecule has 1 N–H and O–H groups in total. The van der Waals surface area contributed by atoms with Gasteiger partial charge in [0.05, 0.1) is 6.20 Å². The second kappa shape index (κ2) is 3.20. The molecule has 0 saturated carbocycles. The Bertz CT molecular complexity index is 310. The van der Waals surface area contributed by atoms with Crippen LogP contribution in [-0.2, 0) is 0 Å². The lowest BCUT2D eigenvalue weighted by Crippen LogP contribution is -2.40. The van der Waals surface area contributed by atoms with Crippen LogP contribution in [0.1, 0.15) is 36.9 Å². The summed E-state index contributed by atoms with van der Waals surface area (Å²) in [5.74, 6) is 0.0671. The van der Waals surface area contributed by atoms with Crippen LogP contribution in [0.2, 0.25) is 0 Å². The number of rotatable bonds is 1. The quantitative estimate of drug-likeness (QED) is 0.716. The first kappa shape index (κ1) is 9.77. The molecule has 0 aliphatic carbocycles. The summed E-state index contributed by atoms with van der Waals surface area (Å²) in [6.45, 7) is 7.53. The van der Waals surface area contributed by atoms with Crippen molar-refractivity contribution in [2.75, 3.05) is 0 Å². The van der Waals surface area contributed by atoms with Crippen molar-refractivity contribution in [1.82, 2.24) is 10.5 Å². The van der Waals surface area contributed by atoms with E-state index in [4.69, 9.17) is 4.52 Å². The molecule has 13 heavy (non-hydrogen) atoms. The molecule has 1 amide bonds. The van der Waals surface area contributed by atoms with Crippen LogP contribution in [0.15, 0.2) is 10.7 Å². The number of aryl methyl sites for hydroxylation is 1. The molecule has 0 saturated heterocycles. The Balaban J connectivity index is 2.76. The fraction of sp³-hybridized carbons (Fsp3) is 0.556. The van der Waals surface area contributed by atoms with Crippen molar-refractivity contribution in [1.29, 1.82) is 0 Å². The molecule has 0 radical (unpaired) electrons. The molecule has 1 heterocycles. The van der Waals surface area contributed by atoms with Crippen molar-refractivity contribution in [3.8, 4) is 0 Å². The van der Waals surface area contributed by atoms with Gasteiger partial charge in [0.15, 0.2) is 0 Å². The first-order valence-electron chi connectivity index (χ1n) is 4.14. The van der Waals surface area contributed by atoms with Gasteiger partial charge >= 0.3 is 0 Å². The van der Waals surface area contributed by atoms with Crippen LogP contribution in [0, 0.1) is 6.92 Å². The average molecular weight is 182 g/mol. The zero-order chi connectivity index (χ0) is 10.1. The highest BCUT2D eigenvalue weighted by Gasteiger charge is 2.19. The van der Waals surface area contributed by atoms with Crippen LogP contribution >= 0.6 is 0 Å². The van der Waals surface area contributed by atoms with Gasteiger partial charge in [-0.25, -0.2) is 0 Å². The van der Waals surface area contributed by atoms with Gasteiger partial charge in [0, 0.05) is 11.1 Å². The van der Waals surface area contributed by atoms with Crippen molar-refractivity contribution in [3.05, 3.63) is 17.5 Å². The maximum Gasteiger partial charge on any atom is 0.290 e. The molecule has 0 aromatic carbocycles. The lowest BCUT2D eigenvalue weighted by molar-refractivity contribution is 0.0881. The van der Waals surface area contributed by atoms with E-state index in [0.29, 0.717) is 0 Å². The summed E-state index contributed by atoms with van der Waals surface area (Å²) in [6, 6.07) is 0. The molecule has 0 spiro atoms. The average Bonchev–Trinajstić information content (AvgIpc) is 2.30. The Morgan fingerprint density at radius 1 is 1.54 bits per heavy atom. The summed E-state index contributed by atoms with van der Waals surface area (Å²) < 4.78 is 4.81. The summed E-state index contributed by atoms with van der Waals surface area (Å²) in [7, 11) is 0. The van der Waals surface area contributed by atoms with Crippen LogP contribution < -0.4 is 5.32 Å². The molecule has 4 heteroatoms. The van der Waals surface area contributed by atoms with Gasteiger partial charge in [0.25, 0.3) is 5.91 Å². The zero-order valence-electron chi connectivity index (χ0n) is 8.34. The fourth-order valence-corrected chi connectivity index (χ4v) is 0.907. The number of hydrogen-bond donors (Lipinski definition) is 1. The maximum atomic E-state index is 11.5. The Labute approximate surface area is 77.3 Å². The molecule has 0 unspecified atom stereocenters. The monoisotopic (exact) mass is 182 g/mol. The second-order valence-electron chi connectivity index (χ2n) is 4.04. The summed E-state index contributed by atoms with van der Waals surface area (Å²) >= 11 is 0. The first-order valence-corrected chi connectivity index (χ1v) is 4.14. The Morgan fingerprint density at radius 2 is 2.15 bits per heavy atom. The van der Waals surface area contributed by atoms with Crippen LogP contribution in [0.3, 0.4) is 0 Å². The number of hydrogen-bond acceptors (Lipinski definition) is 3. The first-order chi connectivity index (χ1) is 5.90. The van der Waals surface area contributed by atoms with E-state index in [9.17, 15) is 4.79 Å². The predicted octanol–water partition coefficient (Wildman–Crippen LogP) is 1.51. The van der Waals surface area contributed by atoms with Crippen LogP contribution in [0.4, 0.5) is 0 Å². The van der Waals surface area contributed by atoms with Crippen molar-refractivity contribution in [3.63, 3.8) is 0 Å². The van der Waals surface area contributed by atoms with Gasteiger partial charge in [-0.2, -0.15) is 0 Å². The third-order valence-electron chi connectivity index (χ3n) is 1.44. The number of amides is 1. The highest BCUT2D eigenvalue weighted by atomic mass is 16.5. The summed E-state index contributed by atoms with van der Waals surface area (Å²) in [4.78, 5) is 11.5. The van der Waals surface area contributed by atoms with Gasteiger partial charge < -0.3 is 9.84 Å². The number of carbonyl (C=O) groups is 1. The maximum absolute atomic E-state index is 11.5. The van der Waals surface area contributed by atoms with Gasteiger partial charge in [0.2, 0.25) is 5.76 Å². The molecule has 0 atom stereocenters. The molecule has 72 valence electrons. The molecule has 0 bridgehead atoms. The van der Waals surface area contributed by atoms with Crippen LogP contribution in [-0.4, -0.2) is 16.6 Å². The molecule has 0 fully saturated rings. The number of nitrogens with zero attached hydrogens (tertiary/aromatic N) is 1. The van der Waals surface area contributed by atoms with Crippen molar-refractivity contribution < 1.29 is 9.32 Å². The molecule has 1 aromatic rings. The topological polar surface area (TPSA) is 55.1 Å². The summed E-state index contributed by atoms with van der Waals surface area (Å²) in [5, 5.41) is 6.33. The highest BCUT2D eigenvalue weighted by Crippen LogP contribution is 2.08. The van der Waals surface area contributed by atoms with Gasteiger partial charge in [-0.05, 0) is 27.7 Å². The smallest absolute Gasteiger partial charge is 0.290 e. The number of carbonyl (C=O) groups excluding carboxylic acids is 1. The minimum Gasteiger partial charge on any atom is -0.351 e. The van der Waals surface area contributed by atoms with E-state index in [0.717, 1.165) is 5.56 Å². The largest absolute Gasteiger partial charge is 0.351 e. The molecule has 0 aliphatic heterocycles. The van der Waals surface area contributed by atoms with E-state index in [1.54, 1.807) is 6.92 Å². The van der Waals surface area contributed by atoms with Gasteiger partial charge in [-0.15, -0.1) is 0 Å². The normalized spacial score (nSPS) is 11.4. The van der Waals surface area contributed by atoms with Crippen molar-refractivity contribution >= 4 is 5.91 Å². The Kier molecular flexibility index (Phi) is 2.40. The van der Waals surface area contributed by atoms with E-state index >= 15 is 0 Å². The lowest BCUT2D eigenvalue weighted by atomic mass is 10.1. The van der Waals surface area contributed by atoms with Crippen LogP contribution in [0.5, 0.6) is 0 Å². The van der Waals surface area contributed by atoms with E-state index < -0.39 is 0 Å². The van der Waals surface area contributed by atoms with Crippen molar-refractivity contribution in [2.24, 2.45) is 0 Å². The van der Waals surface area contributed by atoms with E-state index in [1.165, 1.54) is 6.20 Å². The molecule has 4 nitrogen and oxygen atoms in total. The third kappa shape index (κ3) is 2.57. The molecule has 1 rings (SSSR count). The van der Waals surface area contributed by atoms with E-state index in [-0.39, 0.29) is 17.2 Å². The van der Waals surface area contributed by atoms with Gasteiger partial charge in [0.1, 0.15) is 0 Å². The van der Waals surface area contributed by atoms with E-state index in [1.807, 2.05) is 20.8 Å². The summed E-state index contributed by atoms with van der Waals surface area (Å²) in [5.41, 5.74) is 0.498. The van der Waals surface area contributed by atoms with Crippen LogP contribution in [0.25, 0.3) is 0 Å². The standard InChI is InChI=1S/C9H14N2O2/c1-6-5-10-13-7(6)8(12)11-9(2,3)4/h5H,1-4H3,(H,11,12). The second-order valence-corrected chi connectivity index (χ2v) is 4.04. The van der Waals surface area contributed by atoms with Gasteiger partial charge in [-0.1, -0.05) is 5.16 Å². The predicted molar refractivity (Wildman–Crippen MR) is 48.5 cm³/mol. The zero-order valence-corrected chi connectivity index (χ0v) is 8.34. The third-order valence-corrected chi connectivity index (χ3v) is 1.44. The van der Waals surface area contributed by atoms with Gasteiger partial charge in [-0.3, -0.25) is 4.79 Å². The van der Waals surface area contributed by atoms with E-state index in [2.05, 4.69) is 10.5 Å². The molecule has 1 aromatic heterocycles. The molecule has 0 aliphatic rings.